The van der Waals surface area contributed by atoms with E-state index < -0.39 is 12.1 Å². The van der Waals surface area contributed by atoms with E-state index in [1.54, 1.807) is 0 Å². The molecule has 1 aromatic carbocycles. The number of cyclic esters (lactones) is 1. The average Bonchev–Trinajstić information content (AvgIpc) is 3.15. The van der Waals surface area contributed by atoms with Gasteiger partial charge in [0.1, 0.15) is 17.6 Å². The number of fused-ring (bicyclic) bond motifs is 2. The van der Waals surface area contributed by atoms with Crippen molar-refractivity contribution in [1.82, 2.24) is 0 Å². The van der Waals surface area contributed by atoms with Gasteiger partial charge in [0.25, 0.3) is 0 Å². The number of aromatic hydroxyl groups is 2. The molecule has 2 aliphatic heterocycles. The van der Waals surface area contributed by atoms with Crippen molar-refractivity contribution in [3.63, 3.8) is 0 Å². The maximum absolute atomic E-state index is 12.5. The first-order valence-corrected chi connectivity index (χ1v) is 7.39. The SMILES string of the molecule is CC1CCC[C@@H]2O[C@H]2C(=O)c2c(O)cc(O)cc2CC(=O)O1. The minimum Gasteiger partial charge on any atom is -0.508 e. The summed E-state index contributed by atoms with van der Waals surface area (Å²) in [6, 6.07) is 2.40. The number of phenols is 2. The van der Waals surface area contributed by atoms with Gasteiger partial charge in [-0.2, -0.15) is 0 Å². The van der Waals surface area contributed by atoms with Crippen molar-refractivity contribution in [2.75, 3.05) is 0 Å². The molecule has 2 heterocycles. The summed E-state index contributed by atoms with van der Waals surface area (Å²) in [5, 5.41) is 19.6. The Morgan fingerprint density at radius 2 is 1.95 bits per heavy atom. The van der Waals surface area contributed by atoms with Crippen LogP contribution in [0.4, 0.5) is 0 Å². The van der Waals surface area contributed by atoms with Gasteiger partial charge in [-0.1, -0.05) is 0 Å². The standard InChI is InChI=1S/C16H18O6/c1-8-3-2-4-12-16(22-12)15(20)14-9(6-13(19)21-8)5-10(17)7-11(14)18/h5,7-8,12,16-18H,2-4,6H2,1H3/t8?,12-,16+/m0/s1. The lowest BCUT2D eigenvalue weighted by atomic mass is 9.95. The van der Waals surface area contributed by atoms with Crippen LogP contribution in [0.25, 0.3) is 0 Å². The molecule has 0 aromatic heterocycles. The quantitative estimate of drug-likeness (QED) is 0.559. The Morgan fingerprint density at radius 3 is 2.73 bits per heavy atom. The Labute approximate surface area is 127 Å². The fraction of sp³-hybridized carbons (Fsp3) is 0.500. The van der Waals surface area contributed by atoms with Crippen LogP contribution in [-0.4, -0.2) is 40.3 Å². The largest absolute Gasteiger partial charge is 0.508 e. The molecule has 2 N–H and O–H groups in total. The summed E-state index contributed by atoms with van der Waals surface area (Å²) in [4.78, 5) is 24.4. The Kier molecular flexibility index (Phi) is 3.78. The van der Waals surface area contributed by atoms with Crippen LogP contribution in [0.5, 0.6) is 11.5 Å². The third-order valence-electron chi connectivity index (χ3n) is 4.04. The summed E-state index contributed by atoms with van der Waals surface area (Å²) >= 11 is 0. The molecule has 22 heavy (non-hydrogen) atoms. The second kappa shape index (κ2) is 5.61. The zero-order valence-corrected chi connectivity index (χ0v) is 12.2. The van der Waals surface area contributed by atoms with Crippen LogP contribution in [0, 0.1) is 0 Å². The minimum absolute atomic E-state index is 0.0375. The number of rotatable bonds is 0. The van der Waals surface area contributed by atoms with Gasteiger partial charge in [-0.05, 0) is 37.8 Å². The van der Waals surface area contributed by atoms with Gasteiger partial charge in [0.05, 0.1) is 24.2 Å². The van der Waals surface area contributed by atoms with E-state index in [0.717, 1.165) is 12.5 Å². The van der Waals surface area contributed by atoms with Crippen LogP contribution in [0.1, 0.15) is 42.1 Å². The average molecular weight is 306 g/mol. The molecule has 118 valence electrons. The van der Waals surface area contributed by atoms with Gasteiger partial charge in [-0.15, -0.1) is 0 Å². The molecule has 3 rings (SSSR count). The van der Waals surface area contributed by atoms with E-state index in [1.165, 1.54) is 6.07 Å². The second-order valence-electron chi connectivity index (χ2n) is 5.87. The van der Waals surface area contributed by atoms with Crippen LogP contribution in [0.2, 0.25) is 0 Å². The Morgan fingerprint density at radius 1 is 1.18 bits per heavy atom. The number of phenolic OH excluding ortho intramolecular Hbond substituents is 2. The van der Waals surface area contributed by atoms with Crippen molar-refractivity contribution in [2.24, 2.45) is 0 Å². The highest BCUT2D eigenvalue weighted by molar-refractivity contribution is 6.05. The number of benzene rings is 1. The molecule has 6 heteroatoms. The number of epoxide rings is 1. The van der Waals surface area contributed by atoms with E-state index in [0.29, 0.717) is 12.8 Å². The van der Waals surface area contributed by atoms with Crippen molar-refractivity contribution in [3.8, 4) is 11.5 Å². The number of ether oxygens (including phenoxy) is 2. The maximum Gasteiger partial charge on any atom is 0.310 e. The molecule has 1 fully saturated rings. The molecule has 0 radical (unpaired) electrons. The molecule has 0 amide bonds. The molecule has 1 unspecified atom stereocenters. The fourth-order valence-corrected chi connectivity index (χ4v) is 2.92. The van der Waals surface area contributed by atoms with Gasteiger partial charge in [-0.3, -0.25) is 9.59 Å². The monoisotopic (exact) mass is 306 g/mol. The fourth-order valence-electron chi connectivity index (χ4n) is 2.92. The summed E-state index contributed by atoms with van der Waals surface area (Å²) in [7, 11) is 0. The third kappa shape index (κ3) is 2.92. The van der Waals surface area contributed by atoms with Crippen molar-refractivity contribution >= 4 is 11.8 Å². The van der Waals surface area contributed by atoms with Gasteiger partial charge >= 0.3 is 5.97 Å². The highest BCUT2D eigenvalue weighted by atomic mass is 16.6. The van der Waals surface area contributed by atoms with Gasteiger partial charge in [0.15, 0.2) is 5.78 Å². The van der Waals surface area contributed by atoms with Crippen molar-refractivity contribution in [2.45, 2.75) is 50.9 Å². The molecule has 6 nitrogen and oxygen atoms in total. The van der Waals surface area contributed by atoms with Gasteiger partial charge in [0, 0.05) is 6.07 Å². The number of carbonyl (C=O) groups excluding carboxylic acids is 2. The molecule has 0 aliphatic carbocycles. The number of carbonyl (C=O) groups is 2. The lowest BCUT2D eigenvalue weighted by Gasteiger charge is -2.15. The Bertz CT molecular complexity index is 623. The number of Topliss-reactive ketones (excluding diaryl/α,β-unsaturated/α-hetero) is 1. The van der Waals surface area contributed by atoms with Crippen molar-refractivity contribution in [1.29, 1.82) is 0 Å². The van der Waals surface area contributed by atoms with E-state index in [4.69, 9.17) is 9.47 Å². The lowest BCUT2D eigenvalue weighted by Crippen LogP contribution is -2.20. The van der Waals surface area contributed by atoms with Crippen LogP contribution in [0.3, 0.4) is 0 Å². The predicted molar refractivity (Wildman–Crippen MR) is 75.9 cm³/mol. The summed E-state index contributed by atoms with van der Waals surface area (Å²) in [6.07, 6.45) is 1.13. The first-order valence-electron chi connectivity index (χ1n) is 7.39. The summed E-state index contributed by atoms with van der Waals surface area (Å²) in [6.45, 7) is 1.82. The number of hydrogen-bond donors (Lipinski definition) is 2. The van der Waals surface area contributed by atoms with Crippen molar-refractivity contribution < 1.29 is 29.3 Å². The number of ketones is 1. The Balaban J connectivity index is 1.98. The van der Waals surface area contributed by atoms with E-state index >= 15 is 0 Å². The number of esters is 1. The van der Waals surface area contributed by atoms with Crippen molar-refractivity contribution in [3.05, 3.63) is 23.3 Å². The van der Waals surface area contributed by atoms with Crippen LogP contribution in [-0.2, 0) is 20.7 Å². The van der Waals surface area contributed by atoms with E-state index in [1.807, 2.05) is 6.92 Å². The Hall–Kier alpha value is -2.08. The summed E-state index contributed by atoms with van der Waals surface area (Å²) < 4.78 is 10.7. The zero-order chi connectivity index (χ0) is 15.9. The topological polar surface area (TPSA) is 96.4 Å². The normalized spacial score (nSPS) is 28.7. The summed E-state index contributed by atoms with van der Waals surface area (Å²) in [5.41, 5.74) is 0.296. The second-order valence-corrected chi connectivity index (χ2v) is 5.87. The minimum atomic E-state index is -0.569. The molecular weight excluding hydrogens is 288 g/mol. The molecule has 0 saturated carbocycles. The van der Waals surface area contributed by atoms with Gasteiger partial charge < -0.3 is 19.7 Å². The predicted octanol–water partition coefficient (Wildman–Crippen LogP) is 1.71. The van der Waals surface area contributed by atoms with Gasteiger partial charge in [-0.25, -0.2) is 0 Å². The maximum atomic E-state index is 12.5. The first-order chi connectivity index (χ1) is 10.5. The zero-order valence-electron chi connectivity index (χ0n) is 12.2. The third-order valence-corrected chi connectivity index (χ3v) is 4.04. The lowest BCUT2D eigenvalue weighted by molar-refractivity contribution is -0.147. The molecule has 0 bridgehead atoms. The van der Waals surface area contributed by atoms with Crippen LogP contribution < -0.4 is 0 Å². The summed E-state index contributed by atoms with van der Waals surface area (Å²) in [5.74, 6) is -1.38. The molecule has 2 aliphatic rings. The smallest absolute Gasteiger partial charge is 0.310 e. The van der Waals surface area contributed by atoms with E-state index in [2.05, 4.69) is 0 Å². The van der Waals surface area contributed by atoms with E-state index in [9.17, 15) is 19.8 Å². The molecule has 3 atom stereocenters. The molecule has 1 saturated heterocycles. The highest BCUT2D eigenvalue weighted by Crippen LogP contribution is 2.36. The number of hydrogen-bond acceptors (Lipinski definition) is 6. The van der Waals surface area contributed by atoms with E-state index in [-0.39, 0.29) is 47.0 Å². The molecule has 0 spiro atoms. The molecule has 1 aromatic rings. The van der Waals surface area contributed by atoms with Gasteiger partial charge in [0.2, 0.25) is 0 Å². The van der Waals surface area contributed by atoms with Crippen LogP contribution in [0.15, 0.2) is 12.1 Å². The van der Waals surface area contributed by atoms with Crippen LogP contribution >= 0.6 is 0 Å². The molecular formula is C16H18O6. The first kappa shape index (κ1) is 14.8. The highest BCUT2D eigenvalue weighted by Gasteiger charge is 2.46.